The monoisotopic (exact) mass is 356 g/mol. The fourth-order valence-corrected chi connectivity index (χ4v) is 2.88. The molecule has 5 heteroatoms. The Balaban J connectivity index is 1.99. The number of benzene rings is 1. The van der Waals surface area contributed by atoms with Crippen molar-refractivity contribution in [1.29, 1.82) is 0 Å². The molecule has 1 aromatic heterocycles. The Morgan fingerprint density at radius 3 is 2.38 bits per heavy atom. The van der Waals surface area contributed by atoms with Gasteiger partial charge in [0.25, 0.3) is 0 Å². The van der Waals surface area contributed by atoms with Crippen molar-refractivity contribution in [2.45, 2.75) is 47.6 Å². The number of ketones is 1. The van der Waals surface area contributed by atoms with E-state index >= 15 is 0 Å². The van der Waals surface area contributed by atoms with E-state index in [9.17, 15) is 9.59 Å². The zero-order valence-electron chi connectivity index (χ0n) is 16.3. The number of hydrogen-bond acceptors (Lipinski definition) is 3. The summed E-state index contributed by atoms with van der Waals surface area (Å²) in [5.74, 6) is 1.07. The van der Waals surface area contributed by atoms with Gasteiger partial charge in [-0.1, -0.05) is 13.8 Å². The SMILES string of the molecule is CC(=O)Nc1ccc(OCC(=O)c2cc(C)n(CCC(C)C)c2C)cc1. The van der Waals surface area contributed by atoms with E-state index in [0.29, 0.717) is 17.4 Å². The third kappa shape index (κ3) is 5.22. The largest absolute Gasteiger partial charge is 0.485 e. The maximum Gasteiger partial charge on any atom is 0.221 e. The summed E-state index contributed by atoms with van der Waals surface area (Å²) in [7, 11) is 0. The van der Waals surface area contributed by atoms with E-state index in [1.807, 2.05) is 19.9 Å². The maximum absolute atomic E-state index is 12.6. The molecule has 0 aliphatic heterocycles. The van der Waals surface area contributed by atoms with Gasteiger partial charge in [0, 0.05) is 36.1 Å². The molecule has 1 heterocycles. The van der Waals surface area contributed by atoms with E-state index < -0.39 is 0 Å². The Morgan fingerprint density at radius 1 is 1.15 bits per heavy atom. The van der Waals surface area contributed by atoms with Crippen molar-refractivity contribution in [3.63, 3.8) is 0 Å². The molecule has 0 spiro atoms. The van der Waals surface area contributed by atoms with Gasteiger partial charge in [0.2, 0.25) is 11.7 Å². The lowest BCUT2D eigenvalue weighted by Crippen LogP contribution is -2.13. The second-order valence-electron chi connectivity index (χ2n) is 7.04. The van der Waals surface area contributed by atoms with Crippen molar-refractivity contribution < 1.29 is 14.3 Å². The third-order valence-electron chi connectivity index (χ3n) is 4.35. The van der Waals surface area contributed by atoms with Gasteiger partial charge in [-0.15, -0.1) is 0 Å². The zero-order chi connectivity index (χ0) is 19.3. The van der Waals surface area contributed by atoms with E-state index in [1.54, 1.807) is 24.3 Å². The summed E-state index contributed by atoms with van der Waals surface area (Å²) in [5.41, 5.74) is 3.52. The summed E-state index contributed by atoms with van der Waals surface area (Å²) in [6.45, 7) is 10.8. The minimum Gasteiger partial charge on any atom is -0.485 e. The molecule has 26 heavy (non-hydrogen) atoms. The minimum atomic E-state index is -0.123. The van der Waals surface area contributed by atoms with Gasteiger partial charge >= 0.3 is 0 Å². The van der Waals surface area contributed by atoms with Gasteiger partial charge in [0.05, 0.1) is 0 Å². The van der Waals surface area contributed by atoms with Gasteiger partial charge in [0.1, 0.15) is 5.75 Å². The number of Topliss-reactive ketones (excluding diaryl/α,β-unsaturated/α-hetero) is 1. The van der Waals surface area contributed by atoms with Crippen LogP contribution in [-0.2, 0) is 11.3 Å². The molecule has 0 unspecified atom stereocenters. The number of aryl methyl sites for hydroxylation is 1. The van der Waals surface area contributed by atoms with Gasteiger partial charge < -0.3 is 14.6 Å². The summed E-state index contributed by atoms with van der Waals surface area (Å²) in [6, 6.07) is 8.92. The first-order chi connectivity index (χ1) is 12.3. The van der Waals surface area contributed by atoms with Crippen LogP contribution in [0.5, 0.6) is 5.75 Å². The lowest BCUT2D eigenvalue weighted by Gasteiger charge is -2.11. The van der Waals surface area contributed by atoms with Crippen molar-refractivity contribution in [3.05, 3.63) is 47.3 Å². The van der Waals surface area contributed by atoms with Crippen LogP contribution in [0.15, 0.2) is 30.3 Å². The van der Waals surface area contributed by atoms with Crippen LogP contribution in [0.25, 0.3) is 0 Å². The topological polar surface area (TPSA) is 60.3 Å². The second kappa shape index (κ2) is 8.70. The normalized spacial score (nSPS) is 10.8. The van der Waals surface area contributed by atoms with Gasteiger partial charge in [-0.05, 0) is 56.5 Å². The Bertz CT molecular complexity index is 773. The van der Waals surface area contributed by atoms with E-state index in [-0.39, 0.29) is 18.3 Å². The van der Waals surface area contributed by atoms with Crippen LogP contribution in [0.4, 0.5) is 5.69 Å². The number of carbonyl (C=O) groups is 2. The van der Waals surface area contributed by atoms with E-state index in [4.69, 9.17) is 4.74 Å². The molecule has 2 aromatic rings. The van der Waals surface area contributed by atoms with Crippen molar-refractivity contribution in [2.24, 2.45) is 5.92 Å². The summed E-state index contributed by atoms with van der Waals surface area (Å²) in [4.78, 5) is 23.6. The van der Waals surface area contributed by atoms with Gasteiger partial charge in [-0.25, -0.2) is 0 Å². The number of nitrogens with one attached hydrogen (secondary N) is 1. The van der Waals surface area contributed by atoms with Gasteiger partial charge in [-0.3, -0.25) is 9.59 Å². The van der Waals surface area contributed by atoms with Crippen molar-refractivity contribution in [3.8, 4) is 5.75 Å². The molecular formula is C21H28N2O3. The molecule has 0 saturated carbocycles. The molecule has 1 amide bonds. The van der Waals surface area contributed by atoms with Crippen LogP contribution < -0.4 is 10.1 Å². The van der Waals surface area contributed by atoms with Crippen LogP contribution >= 0.6 is 0 Å². The number of aromatic nitrogens is 1. The number of ether oxygens (including phenoxy) is 1. The van der Waals surface area contributed by atoms with E-state index in [2.05, 4.69) is 23.7 Å². The molecule has 140 valence electrons. The van der Waals surface area contributed by atoms with Gasteiger partial charge in [-0.2, -0.15) is 0 Å². The maximum atomic E-state index is 12.6. The average Bonchev–Trinajstić information content (AvgIpc) is 2.86. The fraction of sp³-hybridized carbons (Fsp3) is 0.429. The highest BCUT2D eigenvalue weighted by molar-refractivity contribution is 5.98. The van der Waals surface area contributed by atoms with Crippen LogP contribution in [0.1, 0.15) is 48.9 Å². The summed E-state index contributed by atoms with van der Waals surface area (Å²) in [5, 5.41) is 2.69. The number of nitrogens with zero attached hydrogens (tertiary/aromatic N) is 1. The number of anilines is 1. The van der Waals surface area contributed by atoms with Gasteiger partial charge in [0.15, 0.2) is 6.61 Å². The standard InChI is InChI=1S/C21H28N2O3/c1-14(2)10-11-23-15(3)12-20(16(23)4)21(25)13-26-19-8-6-18(7-9-19)22-17(5)24/h6-9,12,14H,10-11,13H2,1-5H3,(H,22,24). The summed E-state index contributed by atoms with van der Waals surface area (Å²) < 4.78 is 7.82. The lowest BCUT2D eigenvalue weighted by atomic mass is 10.1. The molecule has 1 aromatic carbocycles. The highest BCUT2D eigenvalue weighted by Crippen LogP contribution is 2.19. The molecule has 1 N–H and O–H groups in total. The molecule has 2 rings (SSSR count). The van der Waals surface area contributed by atoms with Crippen molar-refractivity contribution in [2.75, 3.05) is 11.9 Å². The highest BCUT2D eigenvalue weighted by Gasteiger charge is 2.16. The molecule has 0 bridgehead atoms. The number of amides is 1. The van der Waals surface area contributed by atoms with E-state index in [1.165, 1.54) is 6.92 Å². The number of carbonyl (C=O) groups excluding carboxylic acids is 2. The minimum absolute atomic E-state index is 0.00599. The van der Waals surface area contributed by atoms with E-state index in [0.717, 1.165) is 29.9 Å². The Kier molecular flexibility index (Phi) is 6.61. The Labute approximate surface area is 155 Å². The smallest absolute Gasteiger partial charge is 0.221 e. The quantitative estimate of drug-likeness (QED) is 0.715. The predicted octanol–water partition coefficient (Wildman–Crippen LogP) is 4.37. The molecule has 0 atom stereocenters. The molecule has 0 fully saturated rings. The fourth-order valence-electron chi connectivity index (χ4n) is 2.88. The Morgan fingerprint density at radius 2 is 1.81 bits per heavy atom. The highest BCUT2D eigenvalue weighted by atomic mass is 16.5. The predicted molar refractivity (Wildman–Crippen MR) is 104 cm³/mol. The Hall–Kier alpha value is -2.56. The van der Waals surface area contributed by atoms with Crippen LogP contribution in [0.2, 0.25) is 0 Å². The molecule has 0 aliphatic rings. The first-order valence-corrected chi connectivity index (χ1v) is 8.98. The summed E-state index contributed by atoms with van der Waals surface area (Å²) >= 11 is 0. The van der Waals surface area contributed by atoms with Crippen LogP contribution in [-0.4, -0.2) is 22.9 Å². The van der Waals surface area contributed by atoms with Crippen molar-refractivity contribution in [1.82, 2.24) is 4.57 Å². The molecule has 0 aliphatic carbocycles. The van der Waals surface area contributed by atoms with Crippen LogP contribution in [0.3, 0.4) is 0 Å². The molecule has 0 radical (unpaired) electrons. The third-order valence-corrected chi connectivity index (χ3v) is 4.35. The number of hydrogen-bond donors (Lipinski definition) is 1. The first-order valence-electron chi connectivity index (χ1n) is 8.98. The van der Waals surface area contributed by atoms with Crippen molar-refractivity contribution >= 4 is 17.4 Å². The lowest BCUT2D eigenvalue weighted by molar-refractivity contribution is -0.114. The second-order valence-corrected chi connectivity index (χ2v) is 7.04. The first kappa shape index (κ1) is 19.8. The average molecular weight is 356 g/mol. The summed E-state index contributed by atoms with van der Waals surface area (Å²) in [6.07, 6.45) is 1.08. The van der Waals surface area contributed by atoms with Crippen LogP contribution in [0, 0.1) is 19.8 Å². The number of rotatable bonds is 8. The zero-order valence-corrected chi connectivity index (χ0v) is 16.3. The molecule has 5 nitrogen and oxygen atoms in total. The molecular weight excluding hydrogens is 328 g/mol. The molecule has 0 saturated heterocycles.